The van der Waals surface area contributed by atoms with Crippen LogP contribution in [0.5, 0.6) is 0 Å². The van der Waals surface area contributed by atoms with Gasteiger partial charge in [-0.1, -0.05) is 54.1 Å². The van der Waals surface area contributed by atoms with Crippen LogP contribution in [-0.4, -0.2) is 33.3 Å². The largest absolute Gasteiger partial charge is 0.358 e. The maximum atomic E-state index is 14.7. The summed E-state index contributed by atoms with van der Waals surface area (Å²) in [4.78, 5) is 56.3. The summed E-state index contributed by atoms with van der Waals surface area (Å²) in [6, 6.07) is 24.9. The van der Waals surface area contributed by atoms with Crippen LogP contribution in [0, 0.1) is 16.0 Å². The van der Waals surface area contributed by atoms with Crippen molar-refractivity contribution in [1.82, 2.24) is 4.90 Å². The topological polar surface area (TPSA) is 110 Å². The molecule has 0 saturated carbocycles. The van der Waals surface area contributed by atoms with E-state index in [4.69, 9.17) is 11.6 Å². The number of nitro groups is 1. The van der Waals surface area contributed by atoms with E-state index in [0.717, 1.165) is 11.1 Å². The van der Waals surface area contributed by atoms with Crippen LogP contribution in [0.25, 0.3) is 6.08 Å². The zero-order valence-electron chi connectivity index (χ0n) is 21.9. The van der Waals surface area contributed by atoms with E-state index in [9.17, 15) is 24.5 Å². The van der Waals surface area contributed by atoms with Crippen molar-refractivity contribution in [3.8, 4) is 0 Å². The van der Waals surface area contributed by atoms with Gasteiger partial charge in [-0.15, -0.1) is 0 Å². The first-order chi connectivity index (χ1) is 20.3. The number of nitrogens with zero attached hydrogens (tertiary/aromatic N) is 2. The molecule has 3 aliphatic heterocycles. The normalized spacial score (nSPS) is 23.2. The minimum atomic E-state index is -1.48. The zero-order valence-corrected chi connectivity index (χ0v) is 22.7. The Morgan fingerprint density at radius 2 is 1.50 bits per heavy atom. The molecule has 9 heteroatoms. The molecule has 1 N–H and O–H groups in total. The summed E-state index contributed by atoms with van der Waals surface area (Å²) in [7, 11) is 0. The van der Waals surface area contributed by atoms with Crippen LogP contribution in [0.4, 0.5) is 11.4 Å². The molecular formula is C33H22ClN3O5. The van der Waals surface area contributed by atoms with Crippen LogP contribution in [0.1, 0.15) is 43.4 Å². The fraction of sp³-hybridized carbons (Fsp3) is 0.121. The third kappa shape index (κ3) is 3.58. The van der Waals surface area contributed by atoms with Crippen molar-refractivity contribution in [2.24, 2.45) is 5.92 Å². The van der Waals surface area contributed by atoms with Gasteiger partial charge in [0.05, 0.1) is 16.9 Å². The maximum Gasteiger partial charge on any atom is 0.269 e. The Morgan fingerprint density at radius 1 is 0.857 bits per heavy atom. The Hall–Kier alpha value is -5.08. The summed E-state index contributed by atoms with van der Waals surface area (Å²) >= 11 is 6.12. The Bertz CT molecular complexity index is 1840. The molecule has 1 saturated heterocycles. The highest BCUT2D eigenvalue weighted by Gasteiger charge is 2.70. The predicted octanol–water partition coefficient (Wildman–Crippen LogP) is 6.23. The van der Waals surface area contributed by atoms with E-state index in [-0.39, 0.29) is 22.9 Å². The molecule has 8 nitrogen and oxygen atoms in total. The van der Waals surface area contributed by atoms with Gasteiger partial charge in [-0.05, 0) is 65.2 Å². The van der Waals surface area contributed by atoms with Gasteiger partial charge in [-0.25, -0.2) is 0 Å². The average molecular weight is 576 g/mol. The van der Waals surface area contributed by atoms with Gasteiger partial charge in [-0.3, -0.25) is 24.5 Å². The van der Waals surface area contributed by atoms with Crippen molar-refractivity contribution in [2.45, 2.75) is 17.5 Å². The number of carbonyl (C=O) groups is 3. The van der Waals surface area contributed by atoms with E-state index in [1.54, 1.807) is 36.5 Å². The van der Waals surface area contributed by atoms with Gasteiger partial charge in [0.1, 0.15) is 11.5 Å². The lowest BCUT2D eigenvalue weighted by molar-refractivity contribution is -0.384. The van der Waals surface area contributed by atoms with Crippen LogP contribution in [-0.2, 0) is 10.2 Å². The third-order valence-corrected chi connectivity index (χ3v) is 8.86. The second-order valence-corrected chi connectivity index (χ2v) is 11.1. The lowest BCUT2D eigenvalue weighted by Gasteiger charge is -2.38. The fourth-order valence-corrected chi connectivity index (χ4v) is 7.01. The molecule has 206 valence electrons. The third-order valence-electron chi connectivity index (χ3n) is 8.61. The maximum absolute atomic E-state index is 14.7. The molecule has 0 bridgehead atoms. The Kier molecular flexibility index (Phi) is 5.85. The standard InChI is InChI=1S/C33H22ClN3O5/c34-22-13-9-21(10-14-22)30(39)28-27(29(38)20-11-15-23(16-12-20)37(41)42)33(25-7-3-4-8-26(25)35-32(33)40)31-24-6-2-1-5-19(24)17-18-36(28)31/h1-18,27-28,31H,(H,35,40)/t27-,28+,31-,33+/m0/s1. The number of rotatable bonds is 5. The number of ketones is 2. The van der Waals surface area contributed by atoms with E-state index >= 15 is 0 Å². The molecule has 3 aliphatic rings. The highest BCUT2D eigenvalue weighted by atomic mass is 35.5. The summed E-state index contributed by atoms with van der Waals surface area (Å²) in [6.07, 6.45) is 3.68. The molecule has 0 unspecified atom stereocenters. The number of hydrogen-bond donors (Lipinski definition) is 1. The summed E-state index contributed by atoms with van der Waals surface area (Å²) in [5, 5.41) is 14.8. The molecule has 1 spiro atoms. The smallest absolute Gasteiger partial charge is 0.269 e. The molecule has 1 fully saturated rings. The van der Waals surface area contributed by atoms with E-state index in [2.05, 4.69) is 5.32 Å². The monoisotopic (exact) mass is 575 g/mol. The van der Waals surface area contributed by atoms with E-state index in [1.807, 2.05) is 53.4 Å². The van der Waals surface area contributed by atoms with Gasteiger partial charge in [0.15, 0.2) is 11.6 Å². The number of nitro benzene ring substituents is 1. The van der Waals surface area contributed by atoms with Gasteiger partial charge in [0, 0.05) is 40.2 Å². The molecular weight excluding hydrogens is 554 g/mol. The van der Waals surface area contributed by atoms with E-state index < -0.39 is 34.1 Å². The number of halogens is 1. The van der Waals surface area contributed by atoms with Gasteiger partial charge >= 0.3 is 0 Å². The molecule has 0 aliphatic carbocycles. The number of carbonyl (C=O) groups excluding carboxylic acids is 3. The van der Waals surface area contributed by atoms with Crippen LogP contribution in [0.15, 0.2) is 103 Å². The quantitative estimate of drug-likeness (QED) is 0.172. The first-order valence-electron chi connectivity index (χ1n) is 13.4. The first kappa shape index (κ1) is 25.9. The average Bonchev–Trinajstić information content (AvgIpc) is 3.49. The van der Waals surface area contributed by atoms with Crippen molar-refractivity contribution in [3.05, 3.63) is 146 Å². The molecule has 1 amide bonds. The highest BCUT2D eigenvalue weighted by molar-refractivity contribution is 6.30. The number of non-ortho nitro benzene ring substituents is 1. The number of anilines is 1. The fourth-order valence-electron chi connectivity index (χ4n) is 6.88. The molecule has 7 rings (SSSR count). The number of benzene rings is 4. The zero-order chi connectivity index (χ0) is 29.2. The number of hydrogen-bond acceptors (Lipinski definition) is 6. The van der Waals surface area contributed by atoms with E-state index in [0.29, 0.717) is 21.8 Å². The predicted molar refractivity (Wildman–Crippen MR) is 157 cm³/mol. The van der Waals surface area contributed by atoms with Crippen LogP contribution in [0.2, 0.25) is 5.02 Å². The lowest BCUT2D eigenvalue weighted by Crippen LogP contribution is -2.49. The Morgan fingerprint density at radius 3 is 2.24 bits per heavy atom. The number of nitrogens with one attached hydrogen (secondary N) is 1. The minimum Gasteiger partial charge on any atom is -0.358 e. The summed E-state index contributed by atoms with van der Waals surface area (Å²) in [6.45, 7) is 0. The molecule has 4 aromatic carbocycles. The van der Waals surface area contributed by atoms with E-state index in [1.165, 1.54) is 24.3 Å². The number of Topliss-reactive ketones (excluding diaryl/α,β-unsaturated/α-hetero) is 2. The van der Waals surface area contributed by atoms with Gasteiger partial charge in [-0.2, -0.15) is 0 Å². The van der Waals surface area contributed by atoms with Crippen molar-refractivity contribution in [3.63, 3.8) is 0 Å². The summed E-state index contributed by atoms with van der Waals surface area (Å²) in [5.41, 5.74) is 1.78. The number of amides is 1. The molecule has 0 aromatic heterocycles. The number of para-hydroxylation sites is 1. The van der Waals surface area contributed by atoms with Crippen LogP contribution < -0.4 is 5.32 Å². The second kappa shape index (κ2) is 9.49. The molecule has 0 radical (unpaired) electrons. The Balaban J connectivity index is 1.51. The molecule has 42 heavy (non-hydrogen) atoms. The Labute approximate surface area is 245 Å². The second-order valence-electron chi connectivity index (χ2n) is 10.6. The first-order valence-corrected chi connectivity index (χ1v) is 13.7. The molecule has 4 atom stereocenters. The van der Waals surface area contributed by atoms with Crippen molar-refractivity contribution < 1.29 is 19.3 Å². The van der Waals surface area contributed by atoms with Crippen LogP contribution in [0.3, 0.4) is 0 Å². The minimum absolute atomic E-state index is 0.167. The number of fused-ring (bicyclic) bond motifs is 6. The summed E-state index contributed by atoms with van der Waals surface area (Å²) < 4.78 is 0. The highest BCUT2D eigenvalue weighted by Crippen LogP contribution is 2.62. The lowest BCUT2D eigenvalue weighted by atomic mass is 9.62. The van der Waals surface area contributed by atoms with Gasteiger partial charge in [0.2, 0.25) is 5.91 Å². The SMILES string of the molecule is O=C(c1ccc([N+](=O)[O-])cc1)[C@@H]1[C@H](C(=O)c2ccc(Cl)cc2)N2C=Cc3ccccc3[C@H]2[C@]12C(=O)Nc1ccccc12. The van der Waals surface area contributed by atoms with Crippen molar-refractivity contribution >= 4 is 46.5 Å². The van der Waals surface area contributed by atoms with Crippen molar-refractivity contribution in [1.29, 1.82) is 0 Å². The molecule has 3 heterocycles. The van der Waals surface area contributed by atoms with Crippen molar-refractivity contribution in [2.75, 3.05) is 5.32 Å². The van der Waals surface area contributed by atoms with Gasteiger partial charge < -0.3 is 10.2 Å². The molecule has 4 aromatic rings. The van der Waals surface area contributed by atoms with Gasteiger partial charge in [0.25, 0.3) is 5.69 Å². The summed E-state index contributed by atoms with van der Waals surface area (Å²) in [5.74, 6) is -2.35. The van der Waals surface area contributed by atoms with Crippen LogP contribution >= 0.6 is 11.6 Å².